The Hall–Kier alpha value is -0.740. The molecule has 1 aliphatic carbocycles. The summed E-state index contributed by atoms with van der Waals surface area (Å²) in [6.07, 6.45) is 3.47. The zero-order chi connectivity index (χ0) is 14.5. The van der Waals surface area contributed by atoms with Gasteiger partial charge < -0.3 is 14.8 Å². The Labute approximate surface area is 130 Å². The van der Waals surface area contributed by atoms with Crippen molar-refractivity contribution < 1.29 is 9.47 Å². The fourth-order valence-electron chi connectivity index (χ4n) is 2.92. The monoisotopic (exact) mass is 341 g/mol. The lowest BCUT2D eigenvalue weighted by Crippen LogP contribution is -2.26. The maximum absolute atomic E-state index is 5.93. The van der Waals surface area contributed by atoms with Crippen molar-refractivity contribution in [2.24, 2.45) is 0 Å². The molecule has 1 aromatic rings. The maximum Gasteiger partial charge on any atom is 0.166 e. The minimum atomic E-state index is 0.363. The third-order valence-electron chi connectivity index (χ3n) is 3.65. The Morgan fingerprint density at radius 1 is 1.25 bits per heavy atom. The van der Waals surface area contributed by atoms with Gasteiger partial charge in [-0.05, 0) is 51.3 Å². The van der Waals surface area contributed by atoms with E-state index in [-0.39, 0.29) is 0 Å². The molecule has 0 amide bonds. The van der Waals surface area contributed by atoms with Crippen LogP contribution in [0, 0.1) is 0 Å². The molecule has 0 heterocycles. The van der Waals surface area contributed by atoms with E-state index in [4.69, 9.17) is 9.47 Å². The summed E-state index contributed by atoms with van der Waals surface area (Å²) in [7, 11) is 0. The lowest BCUT2D eigenvalue weighted by Gasteiger charge is -2.30. The topological polar surface area (TPSA) is 30.5 Å². The van der Waals surface area contributed by atoms with E-state index in [1.54, 1.807) is 0 Å². The highest BCUT2D eigenvalue weighted by atomic mass is 79.9. The molecule has 0 fully saturated rings. The highest BCUT2D eigenvalue weighted by Gasteiger charge is 2.28. The van der Waals surface area contributed by atoms with Gasteiger partial charge in [0.15, 0.2) is 11.5 Å². The molecule has 20 heavy (non-hydrogen) atoms. The van der Waals surface area contributed by atoms with Gasteiger partial charge in [0.2, 0.25) is 0 Å². The van der Waals surface area contributed by atoms with Crippen LogP contribution in [0.25, 0.3) is 0 Å². The van der Waals surface area contributed by atoms with E-state index in [0.29, 0.717) is 19.3 Å². The Morgan fingerprint density at radius 3 is 2.65 bits per heavy atom. The first-order valence-electron chi connectivity index (χ1n) is 7.57. The zero-order valence-electron chi connectivity index (χ0n) is 12.6. The second kappa shape index (κ2) is 7.32. The van der Waals surface area contributed by atoms with Gasteiger partial charge in [-0.25, -0.2) is 0 Å². The van der Waals surface area contributed by atoms with Crippen LogP contribution in [0.15, 0.2) is 10.5 Å². The number of hydrogen-bond donors (Lipinski definition) is 1. The molecule has 1 aliphatic rings. The van der Waals surface area contributed by atoms with E-state index >= 15 is 0 Å². The van der Waals surface area contributed by atoms with E-state index in [1.807, 2.05) is 13.8 Å². The van der Waals surface area contributed by atoms with Gasteiger partial charge in [-0.1, -0.05) is 22.9 Å². The SMILES string of the molecule is CCNC1CCCc2c(Br)cc(OCC)c(OCC)c21. The van der Waals surface area contributed by atoms with E-state index < -0.39 is 0 Å². The van der Waals surface area contributed by atoms with Gasteiger partial charge in [-0.15, -0.1) is 0 Å². The molecule has 3 nitrogen and oxygen atoms in total. The third kappa shape index (κ3) is 3.12. The summed E-state index contributed by atoms with van der Waals surface area (Å²) < 4.78 is 12.9. The molecule has 2 rings (SSSR count). The van der Waals surface area contributed by atoms with Gasteiger partial charge in [0, 0.05) is 16.1 Å². The van der Waals surface area contributed by atoms with Crippen molar-refractivity contribution in [3.8, 4) is 11.5 Å². The van der Waals surface area contributed by atoms with Crippen molar-refractivity contribution in [1.29, 1.82) is 0 Å². The Bertz CT molecular complexity index is 462. The van der Waals surface area contributed by atoms with E-state index in [2.05, 4.69) is 34.2 Å². The van der Waals surface area contributed by atoms with Crippen LogP contribution in [0.5, 0.6) is 11.5 Å². The first-order chi connectivity index (χ1) is 9.72. The second-order valence-electron chi connectivity index (χ2n) is 4.95. The molecule has 1 N–H and O–H groups in total. The van der Waals surface area contributed by atoms with Crippen LogP contribution in [0.4, 0.5) is 0 Å². The lowest BCUT2D eigenvalue weighted by molar-refractivity contribution is 0.279. The third-order valence-corrected chi connectivity index (χ3v) is 4.35. The molecule has 0 saturated heterocycles. The Balaban J connectivity index is 2.54. The summed E-state index contributed by atoms with van der Waals surface area (Å²) in [6.45, 7) is 8.45. The van der Waals surface area contributed by atoms with Crippen molar-refractivity contribution in [3.63, 3.8) is 0 Å². The predicted octanol–water partition coefficient (Wildman–Crippen LogP) is 4.23. The molecular formula is C16H24BrNO2. The molecule has 1 atom stereocenters. The number of nitrogens with one attached hydrogen (secondary N) is 1. The van der Waals surface area contributed by atoms with Gasteiger partial charge >= 0.3 is 0 Å². The number of hydrogen-bond acceptors (Lipinski definition) is 3. The van der Waals surface area contributed by atoms with Gasteiger partial charge in [0.05, 0.1) is 13.2 Å². The summed E-state index contributed by atoms with van der Waals surface area (Å²) in [5.74, 6) is 1.78. The summed E-state index contributed by atoms with van der Waals surface area (Å²) in [5.41, 5.74) is 2.66. The average molecular weight is 342 g/mol. The minimum absolute atomic E-state index is 0.363. The minimum Gasteiger partial charge on any atom is -0.490 e. The standard InChI is InChI=1S/C16H24BrNO2/c1-4-18-13-9-7-8-11-12(17)10-14(19-5-2)16(15(11)13)20-6-3/h10,13,18H,4-9H2,1-3H3. The molecule has 0 aromatic heterocycles. The van der Waals surface area contributed by atoms with Crippen LogP contribution in [0.3, 0.4) is 0 Å². The molecule has 0 radical (unpaired) electrons. The van der Waals surface area contributed by atoms with E-state index in [0.717, 1.165) is 35.4 Å². The van der Waals surface area contributed by atoms with Crippen LogP contribution < -0.4 is 14.8 Å². The van der Waals surface area contributed by atoms with Crippen molar-refractivity contribution >= 4 is 15.9 Å². The molecule has 1 aromatic carbocycles. The molecule has 0 bridgehead atoms. The number of halogens is 1. The first-order valence-corrected chi connectivity index (χ1v) is 8.36. The number of benzene rings is 1. The predicted molar refractivity (Wildman–Crippen MR) is 85.8 cm³/mol. The molecule has 0 spiro atoms. The van der Waals surface area contributed by atoms with Crippen molar-refractivity contribution in [3.05, 3.63) is 21.7 Å². The molecule has 112 valence electrons. The smallest absolute Gasteiger partial charge is 0.166 e. The van der Waals surface area contributed by atoms with E-state index in [9.17, 15) is 0 Å². The van der Waals surface area contributed by atoms with Crippen LogP contribution in [0.2, 0.25) is 0 Å². The van der Waals surface area contributed by atoms with Gasteiger partial charge in [0.25, 0.3) is 0 Å². The normalized spacial score (nSPS) is 17.7. The number of rotatable bonds is 6. The van der Waals surface area contributed by atoms with Crippen LogP contribution >= 0.6 is 15.9 Å². The highest BCUT2D eigenvalue weighted by molar-refractivity contribution is 9.10. The first kappa shape index (κ1) is 15.6. The molecule has 1 unspecified atom stereocenters. The highest BCUT2D eigenvalue weighted by Crippen LogP contribution is 2.45. The summed E-state index contributed by atoms with van der Waals surface area (Å²) in [5, 5.41) is 3.58. The summed E-state index contributed by atoms with van der Waals surface area (Å²) >= 11 is 3.70. The Kier molecular flexibility index (Phi) is 5.73. The molecule has 0 aliphatic heterocycles. The summed E-state index contributed by atoms with van der Waals surface area (Å²) in [4.78, 5) is 0. The average Bonchev–Trinajstić information content (AvgIpc) is 2.44. The van der Waals surface area contributed by atoms with Crippen molar-refractivity contribution in [2.75, 3.05) is 19.8 Å². The zero-order valence-corrected chi connectivity index (χ0v) is 14.2. The van der Waals surface area contributed by atoms with Crippen LogP contribution in [-0.4, -0.2) is 19.8 Å². The fraction of sp³-hybridized carbons (Fsp3) is 0.625. The lowest BCUT2D eigenvalue weighted by atomic mass is 9.86. The van der Waals surface area contributed by atoms with Gasteiger partial charge in [-0.2, -0.15) is 0 Å². The molecular weight excluding hydrogens is 318 g/mol. The van der Waals surface area contributed by atoms with Crippen molar-refractivity contribution in [2.45, 2.75) is 46.1 Å². The fourth-order valence-corrected chi connectivity index (χ4v) is 3.54. The van der Waals surface area contributed by atoms with Gasteiger partial charge in [0.1, 0.15) is 0 Å². The van der Waals surface area contributed by atoms with E-state index in [1.165, 1.54) is 17.5 Å². The van der Waals surface area contributed by atoms with Crippen LogP contribution in [0.1, 0.15) is 50.8 Å². The number of fused-ring (bicyclic) bond motifs is 1. The maximum atomic E-state index is 5.93. The second-order valence-corrected chi connectivity index (χ2v) is 5.80. The van der Waals surface area contributed by atoms with Gasteiger partial charge in [-0.3, -0.25) is 0 Å². The summed E-state index contributed by atoms with van der Waals surface area (Å²) in [6, 6.07) is 2.42. The quantitative estimate of drug-likeness (QED) is 0.839. The van der Waals surface area contributed by atoms with Crippen LogP contribution in [-0.2, 0) is 6.42 Å². The number of ether oxygens (including phenoxy) is 2. The van der Waals surface area contributed by atoms with Crippen molar-refractivity contribution in [1.82, 2.24) is 5.32 Å². The molecule has 0 saturated carbocycles. The largest absolute Gasteiger partial charge is 0.490 e. The molecule has 4 heteroatoms. The Morgan fingerprint density at radius 2 is 2.00 bits per heavy atom.